The van der Waals surface area contributed by atoms with E-state index >= 15 is 0 Å². The summed E-state index contributed by atoms with van der Waals surface area (Å²) in [6.07, 6.45) is 1.17. The number of aliphatic imine (C=N–C) groups is 1. The first kappa shape index (κ1) is 21.2. The van der Waals surface area contributed by atoms with Gasteiger partial charge in [-0.05, 0) is 18.1 Å². The third-order valence-corrected chi connectivity index (χ3v) is 4.98. The van der Waals surface area contributed by atoms with Crippen molar-refractivity contribution < 1.29 is 9.47 Å². The normalized spacial score (nSPS) is 20.8. The van der Waals surface area contributed by atoms with Gasteiger partial charge in [-0.1, -0.05) is 18.2 Å². The minimum Gasteiger partial charge on any atom is -0.384 e. The Morgan fingerprint density at radius 2 is 2.04 bits per heavy atom. The number of morpholine rings is 1. The molecule has 2 saturated heterocycles. The fourth-order valence-electron chi connectivity index (χ4n) is 3.68. The van der Waals surface area contributed by atoms with Crippen LogP contribution in [0.15, 0.2) is 29.3 Å². The summed E-state index contributed by atoms with van der Waals surface area (Å²) < 4.78 is 10.8. The lowest BCUT2D eigenvalue weighted by atomic mass is 10.1. The Kier molecular flexibility index (Phi) is 8.94. The van der Waals surface area contributed by atoms with E-state index in [2.05, 4.69) is 44.4 Å². The molecular formula is C19H31IN4O2. The zero-order chi connectivity index (χ0) is 17.5. The fraction of sp³-hybridized carbons (Fsp3) is 0.632. The molecule has 0 radical (unpaired) electrons. The van der Waals surface area contributed by atoms with Gasteiger partial charge in [0.05, 0.1) is 19.8 Å². The van der Waals surface area contributed by atoms with Gasteiger partial charge in [-0.25, -0.2) is 0 Å². The van der Waals surface area contributed by atoms with Crippen molar-refractivity contribution in [1.29, 1.82) is 0 Å². The van der Waals surface area contributed by atoms with Crippen molar-refractivity contribution >= 4 is 35.6 Å². The van der Waals surface area contributed by atoms with Gasteiger partial charge in [0.15, 0.2) is 5.96 Å². The highest BCUT2D eigenvalue weighted by molar-refractivity contribution is 14.0. The summed E-state index contributed by atoms with van der Waals surface area (Å²) in [7, 11) is 3.64. The number of anilines is 1. The van der Waals surface area contributed by atoms with Crippen LogP contribution < -0.4 is 10.2 Å². The molecule has 1 aromatic rings. The van der Waals surface area contributed by atoms with Crippen LogP contribution >= 0.6 is 24.0 Å². The van der Waals surface area contributed by atoms with Gasteiger partial charge in [0.1, 0.15) is 0 Å². The summed E-state index contributed by atoms with van der Waals surface area (Å²) in [4.78, 5) is 9.22. The molecule has 1 atom stereocenters. The molecule has 3 rings (SSSR count). The van der Waals surface area contributed by atoms with E-state index in [0.717, 1.165) is 58.5 Å². The molecule has 2 aliphatic rings. The van der Waals surface area contributed by atoms with Crippen LogP contribution in [0.5, 0.6) is 0 Å². The van der Waals surface area contributed by atoms with Crippen molar-refractivity contribution in [2.24, 2.45) is 10.9 Å². The van der Waals surface area contributed by atoms with Crippen molar-refractivity contribution in [3.05, 3.63) is 29.8 Å². The van der Waals surface area contributed by atoms with Crippen LogP contribution in [0.4, 0.5) is 5.69 Å². The molecule has 0 spiro atoms. The lowest BCUT2D eigenvalue weighted by molar-refractivity contribution is 0.122. The summed E-state index contributed by atoms with van der Waals surface area (Å²) in [5.74, 6) is 1.58. The Hall–Kier alpha value is -1.06. The molecule has 1 aromatic carbocycles. The minimum atomic E-state index is 0. The zero-order valence-corrected chi connectivity index (χ0v) is 18.1. The summed E-state index contributed by atoms with van der Waals surface area (Å²) >= 11 is 0. The number of nitrogens with zero attached hydrogens (tertiary/aromatic N) is 3. The highest BCUT2D eigenvalue weighted by atomic mass is 127. The molecule has 2 aliphatic heterocycles. The van der Waals surface area contributed by atoms with Gasteiger partial charge in [0.25, 0.3) is 0 Å². The van der Waals surface area contributed by atoms with Gasteiger partial charge < -0.3 is 24.6 Å². The van der Waals surface area contributed by atoms with Crippen molar-refractivity contribution in [2.45, 2.75) is 13.0 Å². The molecule has 1 N–H and O–H groups in total. The molecule has 0 aliphatic carbocycles. The second-order valence-corrected chi connectivity index (χ2v) is 6.68. The van der Waals surface area contributed by atoms with Crippen LogP contribution in [-0.4, -0.2) is 71.0 Å². The van der Waals surface area contributed by atoms with Gasteiger partial charge in [0, 0.05) is 58.5 Å². The molecule has 0 amide bonds. The van der Waals surface area contributed by atoms with Crippen LogP contribution in [0.3, 0.4) is 0 Å². The smallest absolute Gasteiger partial charge is 0.193 e. The first-order valence-electron chi connectivity index (χ1n) is 9.17. The van der Waals surface area contributed by atoms with Crippen molar-refractivity contribution in [3.63, 3.8) is 0 Å². The van der Waals surface area contributed by atoms with Gasteiger partial charge in [-0.2, -0.15) is 0 Å². The van der Waals surface area contributed by atoms with E-state index in [4.69, 9.17) is 9.47 Å². The van der Waals surface area contributed by atoms with Crippen molar-refractivity contribution in [3.8, 4) is 0 Å². The second kappa shape index (κ2) is 10.9. The standard InChI is InChI=1S/C19H30N4O2.HI/c1-20-19(23-8-7-16(14-23)15-24-2)21-13-17-5-3-4-6-18(17)22-9-11-25-12-10-22;/h3-6,16H,7-15H2,1-2H3,(H,20,21);1H. The predicted molar refractivity (Wildman–Crippen MR) is 117 cm³/mol. The van der Waals surface area contributed by atoms with Crippen LogP contribution in [0.25, 0.3) is 0 Å². The van der Waals surface area contributed by atoms with Gasteiger partial charge in [-0.15, -0.1) is 24.0 Å². The lowest BCUT2D eigenvalue weighted by Gasteiger charge is -2.31. The van der Waals surface area contributed by atoms with Crippen LogP contribution in [0.1, 0.15) is 12.0 Å². The average Bonchev–Trinajstić information content (AvgIpc) is 3.12. The van der Waals surface area contributed by atoms with E-state index in [1.807, 2.05) is 7.05 Å². The monoisotopic (exact) mass is 474 g/mol. The minimum absolute atomic E-state index is 0. The number of para-hydroxylation sites is 1. The number of guanidine groups is 1. The molecule has 2 heterocycles. The van der Waals surface area contributed by atoms with E-state index in [0.29, 0.717) is 5.92 Å². The third-order valence-electron chi connectivity index (χ3n) is 4.98. The van der Waals surface area contributed by atoms with Crippen molar-refractivity contribution in [2.75, 3.05) is 65.1 Å². The van der Waals surface area contributed by atoms with Gasteiger partial charge >= 0.3 is 0 Å². The number of hydrogen-bond acceptors (Lipinski definition) is 4. The molecule has 0 bridgehead atoms. The number of likely N-dealkylation sites (tertiary alicyclic amines) is 1. The maximum absolute atomic E-state index is 5.48. The predicted octanol–water partition coefficient (Wildman–Crippen LogP) is 2.18. The molecule has 2 fully saturated rings. The second-order valence-electron chi connectivity index (χ2n) is 6.68. The van der Waals surface area contributed by atoms with Crippen LogP contribution in [0, 0.1) is 5.92 Å². The number of benzene rings is 1. The maximum atomic E-state index is 5.48. The molecule has 0 aromatic heterocycles. The molecule has 1 unspecified atom stereocenters. The highest BCUT2D eigenvalue weighted by Gasteiger charge is 2.24. The van der Waals surface area contributed by atoms with Crippen LogP contribution in [0.2, 0.25) is 0 Å². The Bertz CT molecular complexity index is 578. The third kappa shape index (κ3) is 5.47. The van der Waals surface area contributed by atoms with E-state index in [1.54, 1.807) is 7.11 Å². The number of ether oxygens (including phenoxy) is 2. The number of rotatable bonds is 5. The number of methoxy groups -OCH3 is 1. The average molecular weight is 474 g/mol. The molecule has 146 valence electrons. The summed E-state index contributed by atoms with van der Waals surface area (Å²) in [5, 5.41) is 3.55. The lowest BCUT2D eigenvalue weighted by Crippen LogP contribution is -2.40. The Balaban J connectivity index is 0.00000243. The zero-order valence-electron chi connectivity index (χ0n) is 15.8. The number of nitrogens with one attached hydrogen (secondary N) is 1. The maximum Gasteiger partial charge on any atom is 0.193 e. The topological polar surface area (TPSA) is 49.3 Å². The van der Waals surface area contributed by atoms with E-state index in [-0.39, 0.29) is 24.0 Å². The Morgan fingerprint density at radius 3 is 2.77 bits per heavy atom. The highest BCUT2D eigenvalue weighted by Crippen LogP contribution is 2.22. The molecule has 6 nitrogen and oxygen atoms in total. The molecular weight excluding hydrogens is 443 g/mol. The summed E-state index contributed by atoms with van der Waals surface area (Å²) in [6.45, 7) is 7.18. The quantitative estimate of drug-likeness (QED) is 0.403. The molecule has 7 heteroatoms. The molecule has 0 saturated carbocycles. The first-order valence-corrected chi connectivity index (χ1v) is 9.17. The van der Waals surface area contributed by atoms with E-state index in [9.17, 15) is 0 Å². The fourth-order valence-corrected chi connectivity index (χ4v) is 3.68. The number of halogens is 1. The number of hydrogen-bond donors (Lipinski definition) is 1. The Labute approximate surface area is 173 Å². The van der Waals surface area contributed by atoms with Crippen LogP contribution in [-0.2, 0) is 16.0 Å². The summed E-state index contributed by atoms with van der Waals surface area (Å²) in [6, 6.07) is 8.62. The van der Waals surface area contributed by atoms with E-state index < -0.39 is 0 Å². The molecule has 26 heavy (non-hydrogen) atoms. The van der Waals surface area contributed by atoms with Gasteiger partial charge in [0.2, 0.25) is 0 Å². The van der Waals surface area contributed by atoms with Gasteiger partial charge in [-0.3, -0.25) is 4.99 Å². The van der Waals surface area contributed by atoms with Crippen molar-refractivity contribution in [1.82, 2.24) is 10.2 Å². The Morgan fingerprint density at radius 1 is 1.27 bits per heavy atom. The SMILES string of the molecule is CN=C(NCc1ccccc1N1CCOCC1)N1CCC(COC)C1.I. The first-order chi connectivity index (χ1) is 12.3. The summed E-state index contributed by atoms with van der Waals surface area (Å²) in [5.41, 5.74) is 2.60. The van der Waals surface area contributed by atoms with E-state index in [1.165, 1.54) is 17.7 Å². The largest absolute Gasteiger partial charge is 0.384 e.